The number of para-hydroxylation sites is 1. The fourth-order valence-electron chi connectivity index (χ4n) is 2.55. The maximum absolute atomic E-state index is 6.22. The second kappa shape index (κ2) is 5.47. The number of aromatic nitrogens is 5. The van der Waals surface area contributed by atoms with E-state index in [-0.39, 0.29) is 5.92 Å². The van der Waals surface area contributed by atoms with Crippen molar-refractivity contribution in [3.05, 3.63) is 41.9 Å². The average Bonchev–Trinajstić information content (AvgIpc) is 2.98. The number of tetrazole rings is 1. The lowest BCUT2D eigenvalue weighted by Gasteiger charge is -2.17. The van der Waals surface area contributed by atoms with Crippen LogP contribution in [0.3, 0.4) is 0 Å². The molecule has 1 aromatic carbocycles. The Bertz CT molecular complexity index is 735. The number of nitrogen functional groups attached to an aromatic ring is 1. The van der Waals surface area contributed by atoms with Gasteiger partial charge in [0, 0.05) is 5.39 Å². The molecule has 21 heavy (non-hydrogen) atoms. The van der Waals surface area contributed by atoms with Crippen molar-refractivity contribution in [1.82, 2.24) is 25.6 Å². The van der Waals surface area contributed by atoms with Crippen LogP contribution in [0.1, 0.15) is 37.7 Å². The Kier molecular flexibility index (Phi) is 3.51. The van der Waals surface area contributed by atoms with Crippen molar-refractivity contribution in [3.8, 4) is 0 Å². The summed E-state index contributed by atoms with van der Waals surface area (Å²) in [7, 11) is 0. The quantitative estimate of drug-likeness (QED) is 0.767. The number of hydrogen-bond donors (Lipinski definition) is 2. The molecule has 2 aromatic heterocycles. The topological polar surface area (TPSA) is 93.4 Å². The van der Waals surface area contributed by atoms with E-state index in [2.05, 4.69) is 34.5 Å². The maximum atomic E-state index is 6.22. The van der Waals surface area contributed by atoms with Crippen molar-refractivity contribution in [1.29, 1.82) is 0 Å². The van der Waals surface area contributed by atoms with Crippen molar-refractivity contribution in [2.75, 3.05) is 5.73 Å². The molecule has 0 aliphatic heterocycles. The number of fused-ring (bicyclic) bond motifs is 1. The van der Waals surface area contributed by atoms with Crippen molar-refractivity contribution >= 4 is 16.6 Å². The number of nitrogens with two attached hydrogens (primary N) is 1. The van der Waals surface area contributed by atoms with Crippen LogP contribution in [0.5, 0.6) is 0 Å². The Labute approximate surface area is 122 Å². The van der Waals surface area contributed by atoms with E-state index in [1.807, 2.05) is 30.3 Å². The van der Waals surface area contributed by atoms with Crippen LogP contribution in [0.25, 0.3) is 10.9 Å². The molecule has 3 aromatic rings. The molecule has 6 nitrogen and oxygen atoms in total. The first-order chi connectivity index (χ1) is 10.1. The number of nitrogens with zero attached hydrogens (tertiary/aromatic N) is 4. The predicted octanol–water partition coefficient (Wildman–Crippen LogP) is 2.51. The number of benzene rings is 1. The molecule has 6 heteroatoms. The van der Waals surface area contributed by atoms with Crippen molar-refractivity contribution in [2.45, 2.75) is 26.2 Å². The minimum Gasteiger partial charge on any atom is -0.397 e. The molecule has 3 rings (SSSR count). The lowest BCUT2D eigenvalue weighted by Crippen LogP contribution is -2.12. The van der Waals surface area contributed by atoms with Crippen LogP contribution in [0.2, 0.25) is 0 Å². The maximum Gasteiger partial charge on any atom is 0.183 e. The number of anilines is 1. The van der Waals surface area contributed by atoms with E-state index in [9.17, 15) is 0 Å². The third-order valence-electron chi connectivity index (χ3n) is 3.50. The second-order valence-corrected chi connectivity index (χ2v) is 5.61. The lowest BCUT2D eigenvalue weighted by molar-refractivity contribution is 0.521. The van der Waals surface area contributed by atoms with E-state index in [0.29, 0.717) is 17.4 Å². The Hall–Kier alpha value is -2.50. The van der Waals surface area contributed by atoms with E-state index in [1.165, 1.54) is 0 Å². The van der Waals surface area contributed by atoms with Crippen LogP contribution in [0.15, 0.2) is 30.3 Å². The molecule has 0 radical (unpaired) electrons. The summed E-state index contributed by atoms with van der Waals surface area (Å²) in [6.07, 6.45) is 0.870. The van der Waals surface area contributed by atoms with E-state index in [1.54, 1.807) is 0 Å². The molecule has 2 heterocycles. The highest BCUT2D eigenvalue weighted by Crippen LogP contribution is 2.32. The van der Waals surface area contributed by atoms with Crippen LogP contribution in [-0.4, -0.2) is 25.6 Å². The van der Waals surface area contributed by atoms with Gasteiger partial charge < -0.3 is 5.73 Å². The van der Waals surface area contributed by atoms with Gasteiger partial charge in [-0.15, -0.1) is 10.2 Å². The van der Waals surface area contributed by atoms with E-state index < -0.39 is 0 Å². The first-order valence-corrected chi connectivity index (χ1v) is 7.03. The molecule has 0 spiro atoms. The zero-order valence-electron chi connectivity index (χ0n) is 12.1. The Morgan fingerprint density at radius 2 is 2.05 bits per heavy atom. The smallest absolute Gasteiger partial charge is 0.183 e. The molecule has 3 N–H and O–H groups in total. The SMILES string of the molecule is CC(C)CC(c1nn[nH]n1)c1nc2ccccc2cc1N. The third-order valence-corrected chi connectivity index (χ3v) is 3.50. The van der Waals surface area contributed by atoms with Gasteiger partial charge in [-0.3, -0.25) is 0 Å². The van der Waals surface area contributed by atoms with Gasteiger partial charge in [-0.05, 0) is 24.5 Å². The van der Waals surface area contributed by atoms with Crippen LogP contribution < -0.4 is 5.73 Å². The molecule has 0 saturated heterocycles. The van der Waals surface area contributed by atoms with Crippen LogP contribution in [0, 0.1) is 5.92 Å². The van der Waals surface area contributed by atoms with Crippen LogP contribution in [0.4, 0.5) is 5.69 Å². The summed E-state index contributed by atoms with van der Waals surface area (Å²) in [5.41, 5.74) is 8.64. The summed E-state index contributed by atoms with van der Waals surface area (Å²) >= 11 is 0. The van der Waals surface area contributed by atoms with E-state index in [4.69, 9.17) is 10.7 Å². The standard InChI is InChI=1S/C15H18N6/c1-9(2)7-11(15-18-20-21-19-15)14-12(16)8-10-5-3-4-6-13(10)17-14/h3-6,8-9,11H,7,16H2,1-2H3,(H,18,19,20,21). The van der Waals surface area contributed by atoms with Crippen molar-refractivity contribution < 1.29 is 0 Å². The Morgan fingerprint density at radius 1 is 1.24 bits per heavy atom. The summed E-state index contributed by atoms with van der Waals surface area (Å²) in [6, 6.07) is 9.91. The number of rotatable bonds is 4. The third kappa shape index (κ3) is 2.69. The predicted molar refractivity (Wildman–Crippen MR) is 81.6 cm³/mol. The molecule has 108 valence electrons. The zero-order chi connectivity index (χ0) is 14.8. The number of aromatic amines is 1. The molecular weight excluding hydrogens is 264 g/mol. The van der Waals surface area contributed by atoms with Crippen molar-refractivity contribution in [3.63, 3.8) is 0 Å². The van der Waals surface area contributed by atoms with Gasteiger partial charge in [0.1, 0.15) is 0 Å². The van der Waals surface area contributed by atoms with Gasteiger partial charge >= 0.3 is 0 Å². The second-order valence-electron chi connectivity index (χ2n) is 5.61. The van der Waals surface area contributed by atoms with E-state index >= 15 is 0 Å². The highest BCUT2D eigenvalue weighted by molar-refractivity contribution is 5.82. The molecule has 0 fully saturated rings. The zero-order valence-corrected chi connectivity index (χ0v) is 12.1. The molecule has 0 bridgehead atoms. The Morgan fingerprint density at radius 3 is 2.76 bits per heavy atom. The molecule has 0 amide bonds. The van der Waals surface area contributed by atoms with Gasteiger partial charge in [-0.25, -0.2) is 4.98 Å². The summed E-state index contributed by atoms with van der Waals surface area (Å²) in [4.78, 5) is 4.74. The summed E-state index contributed by atoms with van der Waals surface area (Å²) < 4.78 is 0. The molecule has 0 aliphatic rings. The van der Waals surface area contributed by atoms with Gasteiger partial charge in [-0.2, -0.15) is 5.21 Å². The van der Waals surface area contributed by atoms with Gasteiger partial charge in [0.15, 0.2) is 5.82 Å². The first kappa shape index (κ1) is 13.5. The lowest BCUT2D eigenvalue weighted by atomic mass is 9.91. The highest BCUT2D eigenvalue weighted by Gasteiger charge is 2.24. The molecule has 1 unspecified atom stereocenters. The average molecular weight is 282 g/mol. The van der Waals surface area contributed by atoms with Crippen LogP contribution in [-0.2, 0) is 0 Å². The number of H-pyrrole nitrogens is 1. The fraction of sp³-hybridized carbons (Fsp3) is 0.333. The molecule has 0 saturated carbocycles. The Balaban J connectivity index is 2.12. The number of nitrogens with one attached hydrogen (secondary N) is 1. The summed E-state index contributed by atoms with van der Waals surface area (Å²) in [5, 5.41) is 15.5. The highest BCUT2D eigenvalue weighted by atomic mass is 15.5. The minimum absolute atomic E-state index is 0.0478. The van der Waals surface area contributed by atoms with Crippen molar-refractivity contribution in [2.24, 2.45) is 5.92 Å². The summed E-state index contributed by atoms with van der Waals surface area (Å²) in [5.74, 6) is 1.06. The first-order valence-electron chi connectivity index (χ1n) is 7.03. The molecule has 1 atom stereocenters. The van der Waals surface area contributed by atoms with Gasteiger partial charge in [0.05, 0.1) is 22.8 Å². The minimum atomic E-state index is -0.0478. The largest absolute Gasteiger partial charge is 0.397 e. The number of pyridine rings is 1. The fourth-order valence-corrected chi connectivity index (χ4v) is 2.55. The number of hydrogen-bond acceptors (Lipinski definition) is 5. The van der Waals surface area contributed by atoms with Gasteiger partial charge in [0.25, 0.3) is 0 Å². The normalized spacial score (nSPS) is 12.9. The van der Waals surface area contributed by atoms with E-state index in [0.717, 1.165) is 23.0 Å². The summed E-state index contributed by atoms with van der Waals surface area (Å²) in [6.45, 7) is 4.31. The molecular formula is C15H18N6. The van der Waals surface area contributed by atoms with Crippen LogP contribution >= 0.6 is 0 Å². The van der Waals surface area contributed by atoms with Gasteiger partial charge in [-0.1, -0.05) is 37.3 Å². The van der Waals surface area contributed by atoms with Gasteiger partial charge in [0.2, 0.25) is 0 Å². The monoisotopic (exact) mass is 282 g/mol. The molecule has 0 aliphatic carbocycles.